The molecule has 1 aliphatic rings. The van der Waals surface area contributed by atoms with Crippen molar-refractivity contribution in [3.05, 3.63) is 0 Å². The van der Waals surface area contributed by atoms with Gasteiger partial charge in [0.1, 0.15) is 13.2 Å². The highest BCUT2D eigenvalue weighted by atomic mass is 35.5. The van der Waals surface area contributed by atoms with Crippen LogP contribution in [0.25, 0.3) is 0 Å². The zero-order chi connectivity index (χ0) is 14.7. The summed E-state index contributed by atoms with van der Waals surface area (Å²) in [7, 11) is 0. The van der Waals surface area contributed by atoms with Gasteiger partial charge in [-0.25, -0.2) is 0 Å². The van der Waals surface area contributed by atoms with Gasteiger partial charge in [-0.2, -0.15) is 13.2 Å². The van der Waals surface area contributed by atoms with Crippen molar-refractivity contribution in [2.45, 2.75) is 31.7 Å². The van der Waals surface area contributed by atoms with Crippen molar-refractivity contribution in [1.29, 1.82) is 0 Å². The number of carbonyl (C=O) groups excluding carboxylic acids is 1. The largest absolute Gasteiger partial charge is 0.411 e. The Hall–Kier alpha value is -0.530. The molecule has 1 saturated heterocycles. The van der Waals surface area contributed by atoms with Crippen molar-refractivity contribution in [2.75, 3.05) is 32.2 Å². The lowest BCUT2D eigenvalue weighted by Gasteiger charge is -2.42. The third-order valence-corrected chi connectivity index (χ3v) is 2.84. The van der Waals surface area contributed by atoms with Crippen LogP contribution in [0.2, 0.25) is 0 Å². The molecular formula is C11H17ClF3NO3. The molecule has 0 N–H and O–H groups in total. The molecule has 1 rings (SSSR count). The summed E-state index contributed by atoms with van der Waals surface area (Å²) in [6.07, 6.45) is -4.75. The summed E-state index contributed by atoms with van der Waals surface area (Å²) < 4.78 is 45.7. The van der Waals surface area contributed by atoms with Gasteiger partial charge in [-0.05, 0) is 13.8 Å². The van der Waals surface area contributed by atoms with Crippen molar-refractivity contribution in [3.8, 4) is 0 Å². The molecule has 0 aromatic heterocycles. The Morgan fingerprint density at radius 1 is 1.53 bits per heavy atom. The molecule has 1 heterocycles. The maximum absolute atomic E-state index is 11.9. The van der Waals surface area contributed by atoms with Gasteiger partial charge in [0.25, 0.3) is 0 Å². The first-order chi connectivity index (χ1) is 8.63. The number of alkyl halides is 4. The molecule has 1 fully saturated rings. The van der Waals surface area contributed by atoms with Gasteiger partial charge in [0.15, 0.2) is 0 Å². The van der Waals surface area contributed by atoms with E-state index >= 15 is 0 Å². The lowest BCUT2D eigenvalue weighted by atomic mass is 10.1. The van der Waals surface area contributed by atoms with Gasteiger partial charge >= 0.3 is 6.18 Å². The number of halogens is 4. The second kappa shape index (κ2) is 6.28. The van der Waals surface area contributed by atoms with Gasteiger partial charge in [-0.1, -0.05) is 0 Å². The molecule has 0 saturated carbocycles. The smallest absolute Gasteiger partial charge is 0.367 e. The standard InChI is InChI=1S/C11H17ClF3NO3/c1-10(2)6-16(4-8(3-12)19-10)9(17)5-18-7-11(13,14)15/h8H,3-7H2,1-2H3. The summed E-state index contributed by atoms with van der Waals surface area (Å²) in [5, 5.41) is 0. The zero-order valence-electron chi connectivity index (χ0n) is 10.8. The Balaban J connectivity index is 2.47. The van der Waals surface area contributed by atoms with Crippen molar-refractivity contribution >= 4 is 17.5 Å². The van der Waals surface area contributed by atoms with Crippen LogP contribution in [-0.4, -0.2) is 60.9 Å². The molecular weight excluding hydrogens is 287 g/mol. The second-order valence-electron chi connectivity index (χ2n) is 5.04. The average Bonchev–Trinajstić information content (AvgIpc) is 2.24. The lowest BCUT2D eigenvalue weighted by molar-refractivity contribution is -0.183. The minimum absolute atomic E-state index is 0.219. The Kier molecular flexibility index (Phi) is 5.46. The van der Waals surface area contributed by atoms with E-state index in [1.54, 1.807) is 13.8 Å². The third-order valence-electron chi connectivity index (χ3n) is 2.50. The van der Waals surface area contributed by atoms with Crippen LogP contribution in [0.1, 0.15) is 13.8 Å². The normalized spacial score (nSPS) is 23.5. The summed E-state index contributed by atoms with van der Waals surface area (Å²) in [6, 6.07) is 0. The van der Waals surface area contributed by atoms with Crippen LogP contribution < -0.4 is 0 Å². The molecule has 4 nitrogen and oxygen atoms in total. The van der Waals surface area contributed by atoms with E-state index in [2.05, 4.69) is 4.74 Å². The molecule has 1 amide bonds. The van der Waals surface area contributed by atoms with Crippen LogP contribution in [0.4, 0.5) is 13.2 Å². The van der Waals surface area contributed by atoms with Gasteiger partial charge in [-0.15, -0.1) is 11.6 Å². The molecule has 1 unspecified atom stereocenters. The first kappa shape index (κ1) is 16.5. The first-order valence-corrected chi connectivity index (χ1v) is 6.32. The zero-order valence-corrected chi connectivity index (χ0v) is 11.6. The quantitative estimate of drug-likeness (QED) is 0.744. The summed E-state index contributed by atoms with van der Waals surface area (Å²) in [5.41, 5.74) is -0.572. The molecule has 19 heavy (non-hydrogen) atoms. The predicted octanol–water partition coefficient (Wildman–Crippen LogP) is 1.81. The van der Waals surface area contributed by atoms with Gasteiger partial charge in [-0.3, -0.25) is 4.79 Å². The molecule has 0 radical (unpaired) electrons. The van der Waals surface area contributed by atoms with Gasteiger partial charge < -0.3 is 14.4 Å². The Bertz CT molecular complexity index is 323. The highest BCUT2D eigenvalue weighted by Gasteiger charge is 2.35. The van der Waals surface area contributed by atoms with E-state index in [9.17, 15) is 18.0 Å². The number of morpholine rings is 1. The van der Waals surface area contributed by atoms with Crippen molar-refractivity contribution in [2.24, 2.45) is 0 Å². The minimum Gasteiger partial charge on any atom is -0.367 e. The van der Waals surface area contributed by atoms with Crippen LogP contribution in [-0.2, 0) is 14.3 Å². The summed E-state index contributed by atoms with van der Waals surface area (Å²) in [5.74, 6) is -0.271. The van der Waals surface area contributed by atoms with Crippen LogP contribution in [0.5, 0.6) is 0 Å². The molecule has 0 spiro atoms. The fraction of sp³-hybridized carbons (Fsp3) is 0.909. The van der Waals surface area contributed by atoms with E-state index in [1.165, 1.54) is 4.90 Å². The van der Waals surface area contributed by atoms with Gasteiger partial charge in [0.2, 0.25) is 5.91 Å². The predicted molar refractivity (Wildman–Crippen MR) is 63.1 cm³/mol. The maximum Gasteiger partial charge on any atom is 0.411 e. The third kappa shape index (κ3) is 5.97. The molecule has 0 aromatic carbocycles. The fourth-order valence-electron chi connectivity index (χ4n) is 1.91. The van der Waals surface area contributed by atoms with Gasteiger partial charge in [0, 0.05) is 13.1 Å². The van der Waals surface area contributed by atoms with E-state index in [4.69, 9.17) is 16.3 Å². The number of amides is 1. The molecule has 1 aliphatic heterocycles. The van der Waals surface area contributed by atoms with E-state index in [0.29, 0.717) is 6.54 Å². The van der Waals surface area contributed by atoms with Crippen LogP contribution in [0.15, 0.2) is 0 Å². The lowest BCUT2D eigenvalue weighted by Crippen LogP contribution is -2.55. The first-order valence-electron chi connectivity index (χ1n) is 5.79. The maximum atomic E-state index is 11.9. The number of ether oxygens (including phenoxy) is 2. The number of hydrogen-bond donors (Lipinski definition) is 0. The molecule has 0 aromatic rings. The van der Waals surface area contributed by atoms with E-state index in [1.807, 2.05) is 0 Å². The van der Waals surface area contributed by atoms with Crippen LogP contribution in [0.3, 0.4) is 0 Å². The molecule has 8 heteroatoms. The van der Waals surface area contributed by atoms with E-state index in [0.717, 1.165) is 0 Å². The Morgan fingerprint density at radius 2 is 2.16 bits per heavy atom. The number of carbonyl (C=O) groups is 1. The number of rotatable bonds is 4. The minimum atomic E-state index is -4.43. The fourth-order valence-corrected chi connectivity index (χ4v) is 2.07. The SMILES string of the molecule is CC1(C)CN(C(=O)COCC(F)(F)F)CC(CCl)O1. The summed E-state index contributed by atoms with van der Waals surface area (Å²) in [6.45, 7) is 2.14. The van der Waals surface area contributed by atoms with Crippen molar-refractivity contribution in [1.82, 2.24) is 4.90 Å². The average molecular weight is 304 g/mol. The number of hydrogen-bond acceptors (Lipinski definition) is 3. The summed E-state index contributed by atoms with van der Waals surface area (Å²) >= 11 is 5.70. The Morgan fingerprint density at radius 3 is 2.68 bits per heavy atom. The molecule has 0 aliphatic carbocycles. The van der Waals surface area contributed by atoms with Gasteiger partial charge in [0.05, 0.1) is 17.6 Å². The monoisotopic (exact) mass is 303 g/mol. The Labute approximate surface area is 114 Å². The van der Waals surface area contributed by atoms with E-state index in [-0.39, 0.29) is 18.5 Å². The summed E-state index contributed by atoms with van der Waals surface area (Å²) in [4.78, 5) is 13.2. The highest BCUT2D eigenvalue weighted by molar-refractivity contribution is 6.18. The van der Waals surface area contributed by atoms with Crippen LogP contribution >= 0.6 is 11.6 Å². The van der Waals surface area contributed by atoms with Crippen molar-refractivity contribution in [3.63, 3.8) is 0 Å². The van der Waals surface area contributed by atoms with Crippen LogP contribution in [0, 0.1) is 0 Å². The highest BCUT2D eigenvalue weighted by Crippen LogP contribution is 2.22. The molecule has 0 bridgehead atoms. The molecule has 112 valence electrons. The number of nitrogens with zero attached hydrogens (tertiary/aromatic N) is 1. The topological polar surface area (TPSA) is 38.8 Å². The van der Waals surface area contributed by atoms with E-state index < -0.39 is 30.9 Å². The van der Waals surface area contributed by atoms with Crippen molar-refractivity contribution < 1.29 is 27.4 Å². The second-order valence-corrected chi connectivity index (χ2v) is 5.34. The molecule has 1 atom stereocenters.